The predicted molar refractivity (Wildman–Crippen MR) is 162 cm³/mol. The molecule has 0 aliphatic heterocycles. The van der Waals surface area contributed by atoms with E-state index in [9.17, 15) is 4.79 Å². The minimum Gasteiger partial charge on any atom is -0.493 e. The molecule has 0 spiro atoms. The van der Waals surface area contributed by atoms with Gasteiger partial charge in [-0.15, -0.1) is 6.42 Å². The van der Waals surface area contributed by atoms with Gasteiger partial charge in [0, 0.05) is 29.1 Å². The standard InChI is InChI=1S/C31H33BN4O6/c1-3-22-9-8-10-25(17-22)35-31-26-18-29(28(40-2)19-27(26)33-21-34-31)41-16-7-5-4-6-11-30(37)36-42-20-23-12-14-24(15-13-23)32(38)39/h1,8-10,12-15,17-19,21,38-39H,4-7,11,16,20H2,2H3,(H,36,37)(H,33,34,35). The van der Waals surface area contributed by atoms with Crippen LogP contribution in [0, 0.1) is 12.3 Å². The van der Waals surface area contributed by atoms with Gasteiger partial charge in [-0.2, -0.15) is 0 Å². The number of unbranched alkanes of at least 4 members (excludes halogenated alkanes) is 3. The molecular weight excluding hydrogens is 535 g/mol. The molecule has 1 heterocycles. The molecule has 11 heteroatoms. The van der Waals surface area contributed by atoms with E-state index in [1.165, 1.54) is 6.33 Å². The average Bonchev–Trinajstić information content (AvgIpc) is 3.00. The van der Waals surface area contributed by atoms with Crippen molar-refractivity contribution in [3.8, 4) is 23.8 Å². The first kappa shape index (κ1) is 30.3. The fourth-order valence-electron chi connectivity index (χ4n) is 4.22. The molecule has 0 saturated heterocycles. The average molecular weight is 568 g/mol. The number of fused-ring (bicyclic) bond motifs is 1. The number of methoxy groups -OCH3 is 1. The van der Waals surface area contributed by atoms with Crippen molar-refractivity contribution in [2.75, 3.05) is 19.0 Å². The molecule has 3 aromatic carbocycles. The highest BCUT2D eigenvalue weighted by molar-refractivity contribution is 6.58. The summed E-state index contributed by atoms with van der Waals surface area (Å²) < 4.78 is 11.6. The lowest BCUT2D eigenvalue weighted by molar-refractivity contribution is -0.134. The summed E-state index contributed by atoms with van der Waals surface area (Å²) in [4.78, 5) is 26.1. The predicted octanol–water partition coefficient (Wildman–Crippen LogP) is 3.62. The summed E-state index contributed by atoms with van der Waals surface area (Å²) in [5.74, 6) is 4.25. The van der Waals surface area contributed by atoms with Gasteiger partial charge in [0.15, 0.2) is 11.5 Å². The first-order valence-corrected chi connectivity index (χ1v) is 13.6. The molecule has 0 fully saturated rings. The maximum Gasteiger partial charge on any atom is 0.488 e. The zero-order valence-corrected chi connectivity index (χ0v) is 23.4. The number of amides is 1. The summed E-state index contributed by atoms with van der Waals surface area (Å²) in [6, 6.07) is 17.8. The summed E-state index contributed by atoms with van der Waals surface area (Å²) in [5, 5.41) is 22.4. The third-order valence-corrected chi connectivity index (χ3v) is 6.47. The second-order valence-electron chi connectivity index (χ2n) is 9.53. The van der Waals surface area contributed by atoms with Crippen LogP contribution >= 0.6 is 0 Å². The number of anilines is 2. The minimum atomic E-state index is -1.51. The highest BCUT2D eigenvalue weighted by Crippen LogP contribution is 2.35. The van der Waals surface area contributed by atoms with Crippen LogP contribution in [0.4, 0.5) is 11.5 Å². The van der Waals surface area contributed by atoms with Crippen molar-refractivity contribution in [1.29, 1.82) is 0 Å². The maximum atomic E-state index is 12.0. The molecule has 4 aromatic rings. The molecule has 4 N–H and O–H groups in total. The summed E-state index contributed by atoms with van der Waals surface area (Å²) in [6.45, 7) is 0.676. The van der Waals surface area contributed by atoms with Crippen LogP contribution in [0.5, 0.6) is 11.5 Å². The summed E-state index contributed by atoms with van der Waals surface area (Å²) in [5.41, 5.74) is 5.94. The van der Waals surface area contributed by atoms with Crippen LogP contribution in [0.3, 0.4) is 0 Å². The first-order chi connectivity index (χ1) is 20.5. The Morgan fingerprint density at radius 1 is 1.00 bits per heavy atom. The zero-order chi connectivity index (χ0) is 29.7. The fourth-order valence-corrected chi connectivity index (χ4v) is 4.22. The molecular formula is C31H33BN4O6. The van der Waals surface area contributed by atoms with Crippen molar-refractivity contribution >= 4 is 40.9 Å². The number of nitrogens with one attached hydrogen (secondary N) is 2. The SMILES string of the molecule is C#Cc1cccc(Nc2ncnc3cc(OC)c(OCCCCCCC(=O)NOCc4ccc(B(O)O)cc4)cc23)c1. The molecule has 0 aliphatic carbocycles. The van der Waals surface area contributed by atoms with Crippen molar-refractivity contribution in [3.05, 3.63) is 78.1 Å². The number of terminal acetylenes is 1. The Bertz CT molecular complexity index is 1520. The van der Waals surface area contributed by atoms with Gasteiger partial charge in [0.2, 0.25) is 5.91 Å². The van der Waals surface area contributed by atoms with E-state index >= 15 is 0 Å². The molecule has 0 atom stereocenters. The second-order valence-corrected chi connectivity index (χ2v) is 9.53. The summed E-state index contributed by atoms with van der Waals surface area (Å²) >= 11 is 0. The van der Waals surface area contributed by atoms with Crippen LogP contribution < -0.4 is 25.7 Å². The zero-order valence-electron chi connectivity index (χ0n) is 23.4. The summed E-state index contributed by atoms with van der Waals surface area (Å²) in [6.07, 6.45) is 10.7. The van der Waals surface area contributed by atoms with E-state index in [-0.39, 0.29) is 12.5 Å². The van der Waals surface area contributed by atoms with Gasteiger partial charge in [-0.05, 0) is 48.1 Å². The Labute approximate surface area is 245 Å². The lowest BCUT2D eigenvalue weighted by Crippen LogP contribution is -2.29. The summed E-state index contributed by atoms with van der Waals surface area (Å²) in [7, 11) is 0.0789. The number of hydrogen-bond acceptors (Lipinski definition) is 9. The lowest BCUT2D eigenvalue weighted by Gasteiger charge is -2.14. The van der Waals surface area contributed by atoms with Crippen LogP contribution in [-0.4, -0.2) is 46.8 Å². The van der Waals surface area contributed by atoms with E-state index in [1.807, 2.05) is 36.4 Å². The Morgan fingerprint density at radius 2 is 1.81 bits per heavy atom. The van der Waals surface area contributed by atoms with Crippen molar-refractivity contribution in [2.45, 2.75) is 38.7 Å². The second kappa shape index (κ2) is 15.4. The molecule has 1 amide bonds. The molecule has 42 heavy (non-hydrogen) atoms. The van der Waals surface area contributed by atoms with Gasteiger partial charge in [-0.3, -0.25) is 9.63 Å². The Kier molecular flexibility index (Phi) is 11.1. The van der Waals surface area contributed by atoms with Gasteiger partial charge in [0.05, 0.1) is 25.8 Å². The number of ether oxygens (including phenoxy) is 2. The van der Waals surface area contributed by atoms with E-state index < -0.39 is 7.12 Å². The molecule has 4 rings (SSSR count). The van der Waals surface area contributed by atoms with E-state index in [0.29, 0.717) is 41.3 Å². The number of aromatic nitrogens is 2. The van der Waals surface area contributed by atoms with E-state index in [4.69, 9.17) is 30.8 Å². The van der Waals surface area contributed by atoms with E-state index in [1.54, 1.807) is 31.4 Å². The van der Waals surface area contributed by atoms with Crippen molar-refractivity contribution in [3.63, 3.8) is 0 Å². The largest absolute Gasteiger partial charge is 0.493 e. The highest BCUT2D eigenvalue weighted by atomic mass is 16.6. The monoisotopic (exact) mass is 568 g/mol. The third-order valence-electron chi connectivity index (χ3n) is 6.47. The third kappa shape index (κ3) is 8.69. The van der Waals surface area contributed by atoms with Gasteiger partial charge in [0.25, 0.3) is 0 Å². The van der Waals surface area contributed by atoms with Crippen LogP contribution in [0.2, 0.25) is 0 Å². The Morgan fingerprint density at radius 3 is 2.57 bits per heavy atom. The van der Waals surface area contributed by atoms with Crippen molar-refractivity contribution in [2.24, 2.45) is 0 Å². The number of carbonyl (C=O) groups excluding carboxylic acids is 1. The molecule has 1 aromatic heterocycles. The molecule has 0 radical (unpaired) electrons. The van der Waals surface area contributed by atoms with Crippen LogP contribution in [0.1, 0.15) is 43.2 Å². The van der Waals surface area contributed by atoms with Crippen molar-refractivity contribution < 1.29 is 29.2 Å². The Balaban J connectivity index is 1.20. The number of carbonyl (C=O) groups is 1. The van der Waals surface area contributed by atoms with Gasteiger partial charge in [-0.1, -0.05) is 49.1 Å². The minimum absolute atomic E-state index is 0.186. The maximum absolute atomic E-state index is 12.0. The normalized spacial score (nSPS) is 10.6. The number of hydroxylamine groups is 1. The van der Waals surface area contributed by atoms with Crippen LogP contribution in [-0.2, 0) is 16.2 Å². The smallest absolute Gasteiger partial charge is 0.488 e. The van der Waals surface area contributed by atoms with Crippen molar-refractivity contribution in [1.82, 2.24) is 15.4 Å². The van der Waals surface area contributed by atoms with E-state index in [2.05, 4.69) is 26.7 Å². The number of hydrogen-bond donors (Lipinski definition) is 4. The van der Waals surface area contributed by atoms with Crippen LogP contribution in [0.15, 0.2) is 67.0 Å². The molecule has 0 aliphatic rings. The topological polar surface area (TPSA) is 135 Å². The van der Waals surface area contributed by atoms with E-state index in [0.717, 1.165) is 47.9 Å². The lowest BCUT2D eigenvalue weighted by atomic mass is 9.80. The fraction of sp³-hybridized carbons (Fsp3) is 0.258. The molecule has 10 nitrogen and oxygen atoms in total. The van der Waals surface area contributed by atoms with Crippen LogP contribution in [0.25, 0.3) is 10.9 Å². The van der Waals surface area contributed by atoms with Gasteiger partial charge >= 0.3 is 7.12 Å². The molecule has 216 valence electrons. The van der Waals surface area contributed by atoms with Gasteiger partial charge < -0.3 is 24.8 Å². The molecule has 0 saturated carbocycles. The number of rotatable bonds is 15. The highest BCUT2D eigenvalue weighted by Gasteiger charge is 2.13. The number of benzene rings is 3. The number of nitrogens with zero attached hydrogens (tertiary/aromatic N) is 2. The molecule has 0 bridgehead atoms. The molecule has 0 unspecified atom stereocenters. The Hall–Kier alpha value is -4.63. The first-order valence-electron chi connectivity index (χ1n) is 13.6. The van der Waals surface area contributed by atoms with Gasteiger partial charge in [-0.25, -0.2) is 15.4 Å². The quantitative estimate of drug-likeness (QED) is 0.0734. The van der Waals surface area contributed by atoms with Gasteiger partial charge in [0.1, 0.15) is 12.1 Å².